The molecule has 1 aromatic heterocycles. The first kappa shape index (κ1) is 10.7. The van der Waals surface area contributed by atoms with E-state index in [0.717, 1.165) is 10.9 Å². The van der Waals surface area contributed by atoms with Gasteiger partial charge in [-0.05, 0) is 11.6 Å². The minimum absolute atomic E-state index is 0.0460. The molecule has 3 nitrogen and oxygen atoms in total. The molecule has 0 spiro atoms. The second-order valence-electron chi connectivity index (χ2n) is 2.45. The zero-order valence-corrected chi connectivity index (χ0v) is 8.02. The number of hydrogen-bond donors (Lipinski definition) is 1. The van der Waals surface area contributed by atoms with Crippen molar-refractivity contribution in [1.82, 2.24) is 9.78 Å². The van der Waals surface area contributed by atoms with Gasteiger partial charge >= 0.3 is 5.38 Å². The summed E-state index contributed by atoms with van der Waals surface area (Å²) in [7, 11) is 1.38. The third-order valence-electron chi connectivity index (χ3n) is 1.51. The molecule has 0 amide bonds. The van der Waals surface area contributed by atoms with Gasteiger partial charge in [0.05, 0.1) is 16.9 Å². The van der Waals surface area contributed by atoms with Crippen molar-refractivity contribution in [2.45, 2.75) is 11.5 Å². The molecule has 1 N–H and O–H groups in total. The molecule has 0 aliphatic carbocycles. The van der Waals surface area contributed by atoms with Crippen molar-refractivity contribution in [3.8, 4) is 0 Å². The topological polar surface area (TPSA) is 38.0 Å². The van der Waals surface area contributed by atoms with Crippen LogP contribution in [0.1, 0.15) is 11.8 Å². The van der Waals surface area contributed by atoms with E-state index in [-0.39, 0.29) is 10.7 Å². The summed E-state index contributed by atoms with van der Waals surface area (Å²) in [5, 5.41) is 8.87. The second-order valence-corrected chi connectivity index (χ2v) is 3.36. The largest absolute Gasteiger partial charge is 0.379 e. The minimum atomic E-state index is -3.75. The smallest absolute Gasteiger partial charge is 0.352 e. The van der Waals surface area contributed by atoms with Crippen molar-refractivity contribution in [3.05, 3.63) is 16.9 Å². The van der Waals surface area contributed by atoms with E-state index in [9.17, 15) is 8.78 Å². The highest BCUT2D eigenvalue weighted by atomic mass is 35.5. The summed E-state index contributed by atoms with van der Waals surface area (Å²) in [5.41, 5.74) is -0.207. The molecule has 1 rings (SSSR count). The van der Waals surface area contributed by atoms with Gasteiger partial charge in [0.2, 0.25) is 0 Å². The molecule has 0 radical (unpaired) electrons. The fraction of sp³-hybridized carbons (Fsp3) is 0.500. The fourth-order valence-electron chi connectivity index (χ4n) is 0.883. The monoisotopic (exact) mass is 230 g/mol. The Bertz CT molecular complexity index is 291. The van der Waals surface area contributed by atoms with Crippen LogP contribution in [0.2, 0.25) is 5.02 Å². The first-order valence-electron chi connectivity index (χ1n) is 3.26. The van der Waals surface area contributed by atoms with Gasteiger partial charge in [-0.25, -0.2) is 0 Å². The molecule has 0 fully saturated rings. The number of alkyl halides is 3. The number of aliphatic hydroxyl groups excluding tert-OH is 1. The summed E-state index contributed by atoms with van der Waals surface area (Å²) in [5.74, 6) is 0. The SMILES string of the molecule is Cn1ncc(Cl)c1C(O)C(F)(F)Cl. The Hall–Kier alpha value is -0.390. The van der Waals surface area contributed by atoms with E-state index in [2.05, 4.69) is 16.7 Å². The van der Waals surface area contributed by atoms with Gasteiger partial charge in [0.15, 0.2) is 6.10 Å². The van der Waals surface area contributed by atoms with Crippen LogP contribution in [0.15, 0.2) is 6.20 Å². The summed E-state index contributed by atoms with van der Waals surface area (Å²) in [6, 6.07) is 0. The van der Waals surface area contributed by atoms with E-state index in [1.807, 2.05) is 0 Å². The predicted molar refractivity (Wildman–Crippen MR) is 44.0 cm³/mol. The van der Waals surface area contributed by atoms with Crippen LogP contribution in [0.4, 0.5) is 8.78 Å². The lowest BCUT2D eigenvalue weighted by molar-refractivity contribution is -0.0463. The summed E-state index contributed by atoms with van der Waals surface area (Å²) in [6.07, 6.45) is -1.00. The number of aliphatic hydroxyl groups is 1. The zero-order valence-electron chi connectivity index (χ0n) is 6.51. The third kappa shape index (κ3) is 2.10. The Balaban J connectivity index is 3.08. The molecule has 0 saturated carbocycles. The maximum absolute atomic E-state index is 12.5. The molecule has 1 atom stereocenters. The van der Waals surface area contributed by atoms with E-state index in [1.54, 1.807) is 0 Å². The van der Waals surface area contributed by atoms with Gasteiger partial charge in [0.1, 0.15) is 0 Å². The predicted octanol–water partition coefficient (Wildman–Crippen LogP) is 1.94. The first-order valence-corrected chi connectivity index (χ1v) is 4.02. The molecule has 74 valence electrons. The maximum atomic E-state index is 12.5. The van der Waals surface area contributed by atoms with E-state index >= 15 is 0 Å². The van der Waals surface area contributed by atoms with Crippen molar-refractivity contribution in [1.29, 1.82) is 0 Å². The van der Waals surface area contributed by atoms with Crippen LogP contribution in [0.25, 0.3) is 0 Å². The number of aromatic nitrogens is 2. The number of nitrogens with zero attached hydrogens (tertiary/aromatic N) is 2. The molecular formula is C6H6Cl2F2N2O. The van der Waals surface area contributed by atoms with Gasteiger partial charge in [-0.2, -0.15) is 13.9 Å². The molecule has 1 heterocycles. The number of halogens is 4. The average molecular weight is 231 g/mol. The van der Waals surface area contributed by atoms with E-state index in [0.29, 0.717) is 0 Å². The highest BCUT2D eigenvalue weighted by Crippen LogP contribution is 2.37. The third-order valence-corrected chi connectivity index (χ3v) is 2.00. The van der Waals surface area contributed by atoms with Crippen molar-refractivity contribution in [3.63, 3.8) is 0 Å². The van der Waals surface area contributed by atoms with Crippen LogP contribution in [-0.4, -0.2) is 20.3 Å². The summed E-state index contributed by atoms with van der Waals surface area (Å²) < 4.78 is 26.0. The molecule has 0 bridgehead atoms. The summed E-state index contributed by atoms with van der Waals surface area (Å²) in [4.78, 5) is 0. The van der Waals surface area contributed by atoms with E-state index in [4.69, 9.17) is 16.7 Å². The normalized spacial score (nSPS) is 14.6. The van der Waals surface area contributed by atoms with Crippen LogP contribution < -0.4 is 0 Å². The summed E-state index contributed by atoms with van der Waals surface area (Å²) >= 11 is 10.1. The van der Waals surface area contributed by atoms with Crippen LogP contribution in [0.5, 0.6) is 0 Å². The highest BCUT2D eigenvalue weighted by molar-refractivity contribution is 6.31. The molecule has 0 saturated heterocycles. The Morgan fingerprint density at radius 2 is 2.23 bits per heavy atom. The van der Waals surface area contributed by atoms with E-state index < -0.39 is 11.5 Å². The van der Waals surface area contributed by atoms with Gasteiger partial charge in [-0.3, -0.25) is 4.68 Å². The van der Waals surface area contributed by atoms with Gasteiger partial charge in [0, 0.05) is 7.05 Å². The lowest BCUT2D eigenvalue weighted by Crippen LogP contribution is -2.21. The first-order chi connectivity index (χ1) is 5.84. The van der Waals surface area contributed by atoms with Crippen LogP contribution in [0.3, 0.4) is 0 Å². The molecule has 13 heavy (non-hydrogen) atoms. The Kier molecular flexibility index (Phi) is 2.79. The van der Waals surface area contributed by atoms with Crippen LogP contribution in [0, 0.1) is 0 Å². The number of hydrogen-bond acceptors (Lipinski definition) is 2. The van der Waals surface area contributed by atoms with E-state index in [1.165, 1.54) is 7.05 Å². The molecule has 1 unspecified atom stereocenters. The molecular weight excluding hydrogens is 225 g/mol. The van der Waals surface area contributed by atoms with Gasteiger partial charge in [-0.1, -0.05) is 11.6 Å². The molecule has 0 aliphatic heterocycles. The lowest BCUT2D eigenvalue weighted by atomic mass is 10.2. The minimum Gasteiger partial charge on any atom is -0.379 e. The molecule has 1 aromatic rings. The fourth-order valence-corrected chi connectivity index (χ4v) is 1.26. The summed E-state index contributed by atoms with van der Waals surface area (Å²) in [6.45, 7) is 0. The van der Waals surface area contributed by atoms with Crippen molar-refractivity contribution in [2.24, 2.45) is 7.05 Å². The Morgan fingerprint density at radius 3 is 2.54 bits per heavy atom. The Morgan fingerprint density at radius 1 is 1.69 bits per heavy atom. The second kappa shape index (κ2) is 3.40. The average Bonchev–Trinajstić information content (AvgIpc) is 2.28. The van der Waals surface area contributed by atoms with Crippen LogP contribution >= 0.6 is 23.2 Å². The molecule has 0 aromatic carbocycles. The van der Waals surface area contributed by atoms with Gasteiger partial charge in [-0.15, -0.1) is 0 Å². The number of aryl methyl sites for hydroxylation is 1. The van der Waals surface area contributed by atoms with Crippen molar-refractivity contribution in [2.75, 3.05) is 0 Å². The van der Waals surface area contributed by atoms with Gasteiger partial charge in [0.25, 0.3) is 0 Å². The molecule has 0 aliphatic rings. The van der Waals surface area contributed by atoms with Crippen LogP contribution in [-0.2, 0) is 7.05 Å². The zero-order chi connectivity index (χ0) is 10.2. The lowest BCUT2D eigenvalue weighted by Gasteiger charge is -2.16. The quantitative estimate of drug-likeness (QED) is 0.789. The van der Waals surface area contributed by atoms with Gasteiger partial charge < -0.3 is 5.11 Å². The number of rotatable bonds is 2. The Labute approximate surface area is 82.9 Å². The molecule has 7 heteroatoms. The van der Waals surface area contributed by atoms with Crippen molar-refractivity contribution >= 4 is 23.2 Å². The maximum Gasteiger partial charge on any atom is 0.352 e. The van der Waals surface area contributed by atoms with Crippen molar-refractivity contribution < 1.29 is 13.9 Å². The standard InChI is InChI=1S/C6H6Cl2F2N2O/c1-12-4(3(7)2-11-12)5(13)6(8,9)10/h2,5,13H,1H3. The highest BCUT2D eigenvalue weighted by Gasteiger charge is 2.39.